The minimum absolute atomic E-state index is 0.0225. The molecule has 0 fully saturated rings. The summed E-state index contributed by atoms with van der Waals surface area (Å²) in [7, 11) is 1.53. The maximum absolute atomic E-state index is 11.1. The summed E-state index contributed by atoms with van der Waals surface area (Å²) in [5, 5.41) is 11.8. The zero-order valence-corrected chi connectivity index (χ0v) is 9.09. The SMILES string of the molecule is CC.CNC(=O)c1ccc(C)cc1O. The molecule has 78 valence electrons. The number of hydrogen-bond donors (Lipinski definition) is 2. The topological polar surface area (TPSA) is 49.3 Å². The highest BCUT2D eigenvalue weighted by Gasteiger charge is 2.07. The van der Waals surface area contributed by atoms with E-state index in [1.807, 2.05) is 20.8 Å². The van der Waals surface area contributed by atoms with Gasteiger partial charge in [-0.2, -0.15) is 0 Å². The van der Waals surface area contributed by atoms with E-state index in [0.29, 0.717) is 5.56 Å². The highest BCUT2D eigenvalue weighted by atomic mass is 16.3. The van der Waals surface area contributed by atoms with Gasteiger partial charge in [-0.05, 0) is 24.6 Å². The van der Waals surface area contributed by atoms with Crippen molar-refractivity contribution in [2.24, 2.45) is 0 Å². The monoisotopic (exact) mass is 195 g/mol. The van der Waals surface area contributed by atoms with Gasteiger partial charge >= 0.3 is 0 Å². The molecule has 0 aromatic heterocycles. The zero-order chi connectivity index (χ0) is 11.1. The second-order valence-electron chi connectivity index (χ2n) is 2.60. The van der Waals surface area contributed by atoms with Crippen molar-refractivity contribution in [3.05, 3.63) is 29.3 Å². The Morgan fingerprint density at radius 1 is 1.36 bits per heavy atom. The number of amides is 1. The molecule has 0 aliphatic heterocycles. The summed E-state index contributed by atoms with van der Waals surface area (Å²) in [5.41, 5.74) is 1.24. The lowest BCUT2D eigenvalue weighted by Crippen LogP contribution is -2.17. The van der Waals surface area contributed by atoms with Gasteiger partial charge in [-0.15, -0.1) is 0 Å². The molecular formula is C11H17NO2. The molecule has 0 aliphatic carbocycles. The average molecular weight is 195 g/mol. The van der Waals surface area contributed by atoms with Gasteiger partial charge in [-0.25, -0.2) is 0 Å². The third kappa shape index (κ3) is 3.09. The Hall–Kier alpha value is -1.51. The van der Waals surface area contributed by atoms with Crippen LogP contribution in [-0.2, 0) is 0 Å². The fourth-order valence-corrected chi connectivity index (χ4v) is 0.968. The van der Waals surface area contributed by atoms with Gasteiger partial charge in [0.1, 0.15) is 5.75 Å². The fraction of sp³-hybridized carbons (Fsp3) is 0.364. The van der Waals surface area contributed by atoms with Crippen LogP contribution in [0.15, 0.2) is 18.2 Å². The average Bonchev–Trinajstić information content (AvgIpc) is 2.20. The molecule has 1 rings (SSSR count). The molecule has 0 saturated heterocycles. The lowest BCUT2D eigenvalue weighted by Gasteiger charge is -2.02. The second-order valence-corrected chi connectivity index (χ2v) is 2.60. The molecule has 0 atom stereocenters. The number of hydrogen-bond acceptors (Lipinski definition) is 2. The largest absolute Gasteiger partial charge is 0.507 e. The van der Waals surface area contributed by atoms with Gasteiger partial charge in [0.15, 0.2) is 0 Å². The normalized spacial score (nSPS) is 8.57. The third-order valence-electron chi connectivity index (χ3n) is 1.62. The Labute approximate surface area is 84.8 Å². The van der Waals surface area contributed by atoms with Gasteiger partial charge in [-0.1, -0.05) is 19.9 Å². The van der Waals surface area contributed by atoms with Gasteiger partial charge < -0.3 is 10.4 Å². The van der Waals surface area contributed by atoms with Gasteiger partial charge in [0.2, 0.25) is 0 Å². The Bertz CT molecular complexity index is 308. The van der Waals surface area contributed by atoms with Crippen LogP contribution in [-0.4, -0.2) is 18.1 Å². The maximum atomic E-state index is 11.1. The molecule has 1 aromatic rings. The molecular weight excluding hydrogens is 178 g/mol. The second kappa shape index (κ2) is 6.02. The van der Waals surface area contributed by atoms with Gasteiger partial charge in [0.25, 0.3) is 5.91 Å². The first kappa shape index (κ1) is 12.5. The molecule has 2 N–H and O–H groups in total. The standard InChI is InChI=1S/C9H11NO2.C2H6/c1-6-3-4-7(8(11)5-6)9(12)10-2;1-2/h3-5,11H,1-2H3,(H,10,12);1-2H3. The molecule has 14 heavy (non-hydrogen) atoms. The summed E-state index contributed by atoms with van der Waals surface area (Å²) < 4.78 is 0. The number of aromatic hydroxyl groups is 1. The predicted molar refractivity (Wildman–Crippen MR) is 57.6 cm³/mol. The number of carbonyl (C=O) groups is 1. The Kier molecular flexibility index (Phi) is 5.37. The first-order chi connectivity index (χ1) is 6.65. The minimum Gasteiger partial charge on any atom is -0.507 e. The number of aryl methyl sites for hydroxylation is 1. The van der Waals surface area contributed by atoms with E-state index in [9.17, 15) is 9.90 Å². The van der Waals surface area contributed by atoms with E-state index in [2.05, 4.69) is 5.32 Å². The summed E-state index contributed by atoms with van der Waals surface area (Å²) in [6.45, 7) is 5.85. The van der Waals surface area contributed by atoms with Crippen molar-refractivity contribution in [2.45, 2.75) is 20.8 Å². The number of carbonyl (C=O) groups excluding carboxylic acids is 1. The van der Waals surface area contributed by atoms with Crippen molar-refractivity contribution in [3.63, 3.8) is 0 Å². The first-order valence-electron chi connectivity index (χ1n) is 4.67. The predicted octanol–water partition coefficient (Wildman–Crippen LogP) is 2.09. The molecule has 0 heterocycles. The van der Waals surface area contributed by atoms with Gasteiger partial charge in [0.05, 0.1) is 5.56 Å². The fourth-order valence-electron chi connectivity index (χ4n) is 0.968. The molecule has 0 saturated carbocycles. The van der Waals surface area contributed by atoms with E-state index in [0.717, 1.165) is 5.56 Å². The van der Waals surface area contributed by atoms with Crippen molar-refractivity contribution < 1.29 is 9.90 Å². The van der Waals surface area contributed by atoms with Crippen LogP contribution in [0.5, 0.6) is 5.75 Å². The van der Waals surface area contributed by atoms with E-state index >= 15 is 0 Å². The van der Waals surface area contributed by atoms with Crippen LogP contribution >= 0.6 is 0 Å². The van der Waals surface area contributed by atoms with Crippen LogP contribution in [0.2, 0.25) is 0 Å². The third-order valence-corrected chi connectivity index (χ3v) is 1.62. The van der Waals surface area contributed by atoms with Crippen molar-refractivity contribution in [1.82, 2.24) is 5.32 Å². The minimum atomic E-state index is -0.271. The van der Waals surface area contributed by atoms with E-state index in [1.165, 1.54) is 7.05 Å². The van der Waals surface area contributed by atoms with Crippen LogP contribution in [0.4, 0.5) is 0 Å². The van der Waals surface area contributed by atoms with Crippen LogP contribution < -0.4 is 5.32 Å². The lowest BCUT2D eigenvalue weighted by atomic mass is 10.1. The first-order valence-corrected chi connectivity index (χ1v) is 4.67. The number of nitrogens with one attached hydrogen (secondary N) is 1. The summed E-state index contributed by atoms with van der Waals surface area (Å²) in [6.07, 6.45) is 0. The molecule has 0 unspecified atom stereocenters. The van der Waals surface area contributed by atoms with Gasteiger partial charge in [0, 0.05) is 7.05 Å². The van der Waals surface area contributed by atoms with Crippen LogP contribution in [0.1, 0.15) is 29.8 Å². The highest BCUT2D eigenvalue weighted by molar-refractivity contribution is 5.96. The highest BCUT2D eigenvalue weighted by Crippen LogP contribution is 2.17. The lowest BCUT2D eigenvalue weighted by molar-refractivity contribution is 0.0960. The van der Waals surface area contributed by atoms with Crippen LogP contribution in [0.25, 0.3) is 0 Å². The molecule has 0 spiro atoms. The van der Waals surface area contributed by atoms with E-state index in [4.69, 9.17) is 0 Å². The molecule has 0 aliphatic rings. The van der Waals surface area contributed by atoms with E-state index in [1.54, 1.807) is 18.2 Å². The number of phenolic OH excluding ortho intramolecular Hbond substituents is 1. The molecule has 1 aromatic carbocycles. The maximum Gasteiger partial charge on any atom is 0.254 e. The number of benzene rings is 1. The molecule has 1 amide bonds. The zero-order valence-electron chi connectivity index (χ0n) is 9.09. The molecule has 3 heteroatoms. The van der Waals surface area contributed by atoms with Crippen molar-refractivity contribution in [3.8, 4) is 5.75 Å². The molecule has 0 radical (unpaired) electrons. The number of phenols is 1. The number of rotatable bonds is 1. The van der Waals surface area contributed by atoms with Crippen LogP contribution in [0, 0.1) is 6.92 Å². The van der Waals surface area contributed by atoms with Crippen molar-refractivity contribution in [2.75, 3.05) is 7.05 Å². The Morgan fingerprint density at radius 3 is 2.36 bits per heavy atom. The summed E-state index contributed by atoms with van der Waals surface area (Å²) in [6, 6.07) is 4.94. The molecule has 3 nitrogen and oxygen atoms in total. The quantitative estimate of drug-likeness (QED) is 0.720. The summed E-state index contributed by atoms with van der Waals surface area (Å²) in [5.74, 6) is -0.248. The smallest absolute Gasteiger partial charge is 0.254 e. The van der Waals surface area contributed by atoms with Crippen molar-refractivity contribution >= 4 is 5.91 Å². The van der Waals surface area contributed by atoms with Crippen molar-refractivity contribution in [1.29, 1.82) is 0 Å². The van der Waals surface area contributed by atoms with E-state index in [-0.39, 0.29) is 11.7 Å². The molecule has 0 bridgehead atoms. The van der Waals surface area contributed by atoms with E-state index < -0.39 is 0 Å². The Balaban J connectivity index is 0.000000791. The summed E-state index contributed by atoms with van der Waals surface area (Å²) >= 11 is 0. The van der Waals surface area contributed by atoms with Crippen LogP contribution in [0.3, 0.4) is 0 Å². The summed E-state index contributed by atoms with van der Waals surface area (Å²) in [4.78, 5) is 11.1. The Morgan fingerprint density at radius 2 is 1.93 bits per heavy atom. The van der Waals surface area contributed by atoms with Gasteiger partial charge in [-0.3, -0.25) is 4.79 Å².